The van der Waals surface area contributed by atoms with Gasteiger partial charge in [-0.15, -0.1) is 0 Å². The summed E-state index contributed by atoms with van der Waals surface area (Å²) in [5, 5.41) is 3.77. The van der Waals surface area contributed by atoms with Gasteiger partial charge in [-0.25, -0.2) is 0 Å². The second-order valence-corrected chi connectivity index (χ2v) is 7.10. The van der Waals surface area contributed by atoms with Crippen molar-refractivity contribution in [2.24, 2.45) is 17.8 Å². The second-order valence-electron chi connectivity index (χ2n) is 7.10. The molecule has 1 aliphatic carbocycles. The zero-order valence-corrected chi connectivity index (χ0v) is 12.9. The van der Waals surface area contributed by atoms with E-state index in [4.69, 9.17) is 0 Å². The molecule has 0 aromatic rings. The molecule has 0 aromatic carbocycles. The van der Waals surface area contributed by atoms with Gasteiger partial charge in [0, 0.05) is 24.7 Å². The van der Waals surface area contributed by atoms with Gasteiger partial charge in [0.25, 0.3) is 0 Å². The Morgan fingerprint density at radius 2 is 1.72 bits per heavy atom. The molecule has 1 heterocycles. The van der Waals surface area contributed by atoms with Crippen molar-refractivity contribution < 1.29 is 0 Å². The van der Waals surface area contributed by atoms with Crippen LogP contribution < -0.4 is 5.32 Å². The van der Waals surface area contributed by atoms with E-state index in [1.807, 2.05) is 0 Å². The average molecular weight is 252 g/mol. The van der Waals surface area contributed by atoms with Crippen LogP contribution in [0.4, 0.5) is 0 Å². The van der Waals surface area contributed by atoms with Crippen molar-refractivity contribution in [1.29, 1.82) is 0 Å². The first-order valence-corrected chi connectivity index (χ1v) is 8.02. The number of likely N-dealkylation sites (N-methyl/N-ethyl adjacent to an activating group) is 1. The molecule has 1 aliphatic heterocycles. The van der Waals surface area contributed by atoms with Crippen LogP contribution in [-0.4, -0.2) is 36.1 Å². The van der Waals surface area contributed by atoms with Crippen molar-refractivity contribution >= 4 is 0 Å². The number of rotatable bonds is 3. The van der Waals surface area contributed by atoms with Gasteiger partial charge in [0.1, 0.15) is 0 Å². The van der Waals surface area contributed by atoms with E-state index in [1.165, 1.54) is 25.8 Å². The zero-order valence-electron chi connectivity index (χ0n) is 12.9. The molecule has 0 radical (unpaired) electrons. The van der Waals surface area contributed by atoms with E-state index in [1.54, 1.807) is 0 Å². The Labute approximate surface area is 114 Å². The lowest BCUT2D eigenvalue weighted by Crippen LogP contribution is -2.57. The smallest absolute Gasteiger partial charge is 0.0278 e. The highest BCUT2D eigenvalue weighted by Gasteiger charge is 2.41. The van der Waals surface area contributed by atoms with Crippen molar-refractivity contribution in [2.75, 3.05) is 13.1 Å². The third-order valence-electron chi connectivity index (χ3n) is 5.11. The summed E-state index contributed by atoms with van der Waals surface area (Å²) >= 11 is 0. The highest BCUT2D eigenvalue weighted by atomic mass is 15.2. The van der Waals surface area contributed by atoms with E-state index in [-0.39, 0.29) is 0 Å². The first-order valence-electron chi connectivity index (χ1n) is 8.02. The Morgan fingerprint density at radius 3 is 2.28 bits per heavy atom. The van der Waals surface area contributed by atoms with Gasteiger partial charge in [0.05, 0.1) is 0 Å². The molecule has 6 unspecified atom stereocenters. The summed E-state index contributed by atoms with van der Waals surface area (Å²) in [5.74, 6) is 2.61. The first-order chi connectivity index (χ1) is 8.52. The summed E-state index contributed by atoms with van der Waals surface area (Å²) in [6.45, 7) is 14.4. The SMILES string of the molecule is CCNC1CC(C)CC(C)C1N1CC(C)CC1C. The predicted molar refractivity (Wildman–Crippen MR) is 78.8 cm³/mol. The maximum Gasteiger partial charge on any atom is 0.0278 e. The first kappa shape index (κ1) is 14.3. The van der Waals surface area contributed by atoms with Crippen molar-refractivity contribution in [3.63, 3.8) is 0 Å². The zero-order chi connectivity index (χ0) is 13.3. The number of hydrogen-bond donors (Lipinski definition) is 1. The molecule has 6 atom stereocenters. The molecule has 1 saturated carbocycles. The molecule has 2 aliphatic rings. The molecule has 1 N–H and O–H groups in total. The van der Waals surface area contributed by atoms with Crippen molar-refractivity contribution in [1.82, 2.24) is 10.2 Å². The Morgan fingerprint density at radius 1 is 1.00 bits per heavy atom. The Balaban J connectivity index is 2.11. The number of nitrogens with zero attached hydrogens (tertiary/aromatic N) is 1. The molecule has 0 spiro atoms. The summed E-state index contributed by atoms with van der Waals surface area (Å²) in [6.07, 6.45) is 4.15. The van der Waals surface area contributed by atoms with Gasteiger partial charge < -0.3 is 5.32 Å². The minimum absolute atomic E-state index is 0.710. The fourth-order valence-electron chi connectivity index (χ4n) is 4.61. The van der Waals surface area contributed by atoms with E-state index < -0.39 is 0 Å². The van der Waals surface area contributed by atoms with E-state index in [2.05, 4.69) is 44.8 Å². The maximum absolute atomic E-state index is 3.77. The van der Waals surface area contributed by atoms with Crippen LogP contribution in [-0.2, 0) is 0 Å². The van der Waals surface area contributed by atoms with E-state index in [9.17, 15) is 0 Å². The Kier molecular flexibility index (Phi) is 4.71. The van der Waals surface area contributed by atoms with Gasteiger partial charge in [0.2, 0.25) is 0 Å². The molecule has 2 rings (SSSR count). The van der Waals surface area contributed by atoms with Crippen LogP contribution in [0.25, 0.3) is 0 Å². The molecule has 0 amide bonds. The Hall–Kier alpha value is -0.0800. The molecule has 0 bridgehead atoms. The summed E-state index contributed by atoms with van der Waals surface area (Å²) in [4.78, 5) is 2.81. The van der Waals surface area contributed by atoms with Crippen LogP contribution in [0.2, 0.25) is 0 Å². The highest BCUT2D eigenvalue weighted by Crippen LogP contribution is 2.36. The molecule has 2 nitrogen and oxygen atoms in total. The van der Waals surface area contributed by atoms with Crippen LogP contribution in [0, 0.1) is 17.8 Å². The van der Waals surface area contributed by atoms with E-state index in [0.717, 1.165) is 36.4 Å². The number of likely N-dealkylation sites (tertiary alicyclic amines) is 1. The van der Waals surface area contributed by atoms with E-state index >= 15 is 0 Å². The third kappa shape index (κ3) is 2.91. The summed E-state index contributed by atoms with van der Waals surface area (Å²) in [6, 6.07) is 2.25. The van der Waals surface area contributed by atoms with Crippen LogP contribution >= 0.6 is 0 Å². The third-order valence-corrected chi connectivity index (χ3v) is 5.11. The summed E-state index contributed by atoms with van der Waals surface area (Å²) in [7, 11) is 0. The quantitative estimate of drug-likeness (QED) is 0.830. The van der Waals surface area contributed by atoms with E-state index in [0.29, 0.717) is 6.04 Å². The van der Waals surface area contributed by atoms with Gasteiger partial charge in [-0.05, 0) is 50.5 Å². The monoisotopic (exact) mass is 252 g/mol. The topological polar surface area (TPSA) is 15.3 Å². The average Bonchev–Trinajstić information content (AvgIpc) is 2.57. The van der Waals surface area contributed by atoms with Crippen molar-refractivity contribution in [2.45, 2.75) is 72.0 Å². The lowest BCUT2D eigenvalue weighted by molar-refractivity contribution is 0.0558. The standard InChI is InChI=1S/C16H32N2/c1-6-17-15-9-11(2)7-13(4)16(15)18-10-12(3)8-14(18)5/h11-17H,6-10H2,1-5H3. The summed E-state index contributed by atoms with van der Waals surface area (Å²) in [5.41, 5.74) is 0. The van der Waals surface area contributed by atoms with Crippen molar-refractivity contribution in [3.8, 4) is 0 Å². The van der Waals surface area contributed by atoms with Crippen LogP contribution in [0.3, 0.4) is 0 Å². The lowest BCUT2D eigenvalue weighted by Gasteiger charge is -2.46. The molecular formula is C16H32N2. The molecule has 0 aromatic heterocycles. The van der Waals surface area contributed by atoms with Crippen LogP contribution in [0.1, 0.15) is 53.9 Å². The van der Waals surface area contributed by atoms with Crippen LogP contribution in [0.5, 0.6) is 0 Å². The molecule has 2 heteroatoms. The predicted octanol–water partition coefficient (Wildman–Crippen LogP) is 3.13. The van der Waals surface area contributed by atoms with Gasteiger partial charge in [-0.2, -0.15) is 0 Å². The fourth-order valence-corrected chi connectivity index (χ4v) is 4.61. The van der Waals surface area contributed by atoms with Crippen molar-refractivity contribution in [3.05, 3.63) is 0 Å². The van der Waals surface area contributed by atoms with Gasteiger partial charge in [-0.3, -0.25) is 4.90 Å². The molecule has 1 saturated heterocycles. The van der Waals surface area contributed by atoms with Gasteiger partial charge >= 0.3 is 0 Å². The lowest BCUT2D eigenvalue weighted by atomic mass is 9.75. The molecule has 18 heavy (non-hydrogen) atoms. The minimum Gasteiger partial charge on any atom is -0.313 e. The number of nitrogens with one attached hydrogen (secondary N) is 1. The molecule has 106 valence electrons. The normalized spacial score (nSPS) is 46.5. The Bertz CT molecular complexity index is 266. The fraction of sp³-hybridized carbons (Fsp3) is 1.00. The molecular weight excluding hydrogens is 220 g/mol. The van der Waals surface area contributed by atoms with Crippen LogP contribution in [0.15, 0.2) is 0 Å². The highest BCUT2D eigenvalue weighted by molar-refractivity contribution is 4.97. The van der Waals surface area contributed by atoms with Gasteiger partial charge in [-0.1, -0.05) is 27.7 Å². The second kappa shape index (κ2) is 5.92. The maximum atomic E-state index is 3.77. The number of hydrogen-bond acceptors (Lipinski definition) is 2. The molecule has 2 fully saturated rings. The largest absolute Gasteiger partial charge is 0.313 e. The minimum atomic E-state index is 0.710. The summed E-state index contributed by atoms with van der Waals surface area (Å²) < 4.78 is 0. The van der Waals surface area contributed by atoms with Gasteiger partial charge in [0.15, 0.2) is 0 Å².